The van der Waals surface area contributed by atoms with Crippen LogP contribution < -0.4 is 5.32 Å². The summed E-state index contributed by atoms with van der Waals surface area (Å²) in [7, 11) is 0. The summed E-state index contributed by atoms with van der Waals surface area (Å²) in [5, 5.41) is 7.04. The average Bonchev–Trinajstić information content (AvgIpc) is 2.77. The fourth-order valence-electron chi connectivity index (χ4n) is 1.62. The number of nitrogens with one attached hydrogen (secondary N) is 1. The van der Waals surface area contributed by atoms with Crippen LogP contribution in [0.2, 0.25) is 0 Å². The van der Waals surface area contributed by atoms with Crippen LogP contribution >= 0.6 is 0 Å². The Bertz CT molecular complexity index is 416. The molecule has 0 aliphatic carbocycles. The molecule has 0 spiro atoms. The van der Waals surface area contributed by atoms with Crippen molar-refractivity contribution in [2.45, 2.75) is 32.5 Å². The first-order chi connectivity index (χ1) is 8.46. The lowest BCUT2D eigenvalue weighted by molar-refractivity contribution is 0.00259. The smallest absolute Gasteiger partial charge is 0.377 e. The highest BCUT2D eigenvalue weighted by Gasteiger charge is 2.25. The van der Waals surface area contributed by atoms with Gasteiger partial charge in [-0.05, 0) is 20.8 Å². The van der Waals surface area contributed by atoms with E-state index in [0.29, 0.717) is 18.8 Å². The van der Waals surface area contributed by atoms with E-state index in [2.05, 4.69) is 10.5 Å². The molecule has 0 saturated carbocycles. The van der Waals surface area contributed by atoms with Crippen molar-refractivity contribution in [2.24, 2.45) is 0 Å². The number of carbonyl (C=O) groups excluding carboxylic acids is 1. The highest BCUT2D eigenvalue weighted by atomic mass is 16.6. The van der Waals surface area contributed by atoms with Crippen LogP contribution in [0.1, 0.15) is 43.1 Å². The third-order valence-corrected chi connectivity index (χ3v) is 2.39. The van der Waals surface area contributed by atoms with Crippen LogP contribution in [0.5, 0.6) is 0 Å². The van der Waals surface area contributed by atoms with E-state index in [1.807, 2.05) is 0 Å². The van der Waals surface area contributed by atoms with Gasteiger partial charge >= 0.3 is 5.97 Å². The van der Waals surface area contributed by atoms with Crippen LogP contribution in [0.15, 0.2) is 10.6 Å². The molecule has 1 unspecified atom stereocenters. The third-order valence-electron chi connectivity index (χ3n) is 2.39. The maximum Gasteiger partial charge on any atom is 0.377 e. The van der Waals surface area contributed by atoms with Crippen LogP contribution in [0.3, 0.4) is 0 Å². The normalized spacial score (nSPS) is 20.7. The summed E-state index contributed by atoms with van der Waals surface area (Å²) in [6.45, 7) is 7.52. The van der Waals surface area contributed by atoms with Gasteiger partial charge in [0.2, 0.25) is 5.76 Å². The van der Waals surface area contributed by atoms with Crippen molar-refractivity contribution in [1.82, 2.24) is 10.5 Å². The molecule has 18 heavy (non-hydrogen) atoms. The zero-order valence-electron chi connectivity index (χ0n) is 10.9. The van der Waals surface area contributed by atoms with Gasteiger partial charge in [-0.25, -0.2) is 4.79 Å². The Morgan fingerprint density at radius 3 is 2.94 bits per heavy atom. The van der Waals surface area contributed by atoms with Gasteiger partial charge in [-0.1, -0.05) is 5.16 Å². The molecule has 0 amide bonds. The predicted octanol–water partition coefficient (Wildman–Crippen LogP) is 1.29. The molecule has 6 nitrogen and oxygen atoms in total. The molecule has 0 bridgehead atoms. The molecule has 6 heteroatoms. The number of rotatable bonds is 2. The number of hydrogen-bond acceptors (Lipinski definition) is 6. The van der Waals surface area contributed by atoms with Gasteiger partial charge in [0.1, 0.15) is 17.4 Å². The quantitative estimate of drug-likeness (QED) is 0.802. The van der Waals surface area contributed by atoms with Crippen molar-refractivity contribution < 1.29 is 18.8 Å². The minimum absolute atomic E-state index is 0.106. The third kappa shape index (κ3) is 3.30. The average molecular weight is 254 g/mol. The van der Waals surface area contributed by atoms with Crippen molar-refractivity contribution in [3.8, 4) is 0 Å². The van der Waals surface area contributed by atoms with Crippen LogP contribution in [0, 0.1) is 0 Å². The van der Waals surface area contributed by atoms with E-state index in [0.717, 1.165) is 6.54 Å². The zero-order valence-corrected chi connectivity index (χ0v) is 10.9. The van der Waals surface area contributed by atoms with E-state index < -0.39 is 11.6 Å². The lowest BCUT2D eigenvalue weighted by atomic mass is 10.2. The molecule has 1 fully saturated rings. The second kappa shape index (κ2) is 5.07. The molecule has 0 radical (unpaired) electrons. The highest BCUT2D eigenvalue weighted by molar-refractivity contribution is 5.86. The van der Waals surface area contributed by atoms with Crippen molar-refractivity contribution in [2.75, 3.05) is 19.7 Å². The Labute approximate surface area is 106 Å². The topological polar surface area (TPSA) is 73.6 Å². The standard InChI is InChI=1S/C12H18N2O4/c1-12(2,3)17-11(15)9-6-8(14-18-9)10-7-13-4-5-16-10/h6,10,13H,4-5,7H2,1-3H3. The Morgan fingerprint density at radius 2 is 2.33 bits per heavy atom. The number of carbonyl (C=O) groups is 1. The van der Waals surface area contributed by atoms with E-state index in [4.69, 9.17) is 14.0 Å². The van der Waals surface area contributed by atoms with Gasteiger partial charge in [-0.3, -0.25) is 0 Å². The summed E-state index contributed by atoms with van der Waals surface area (Å²) in [6.07, 6.45) is -0.168. The maximum absolute atomic E-state index is 11.7. The molecule has 2 rings (SSSR count). The summed E-state index contributed by atoms with van der Waals surface area (Å²) in [5.41, 5.74) is 0.0653. The van der Waals surface area contributed by atoms with Crippen LogP contribution in [-0.4, -0.2) is 36.4 Å². The van der Waals surface area contributed by atoms with E-state index >= 15 is 0 Å². The van der Waals surface area contributed by atoms with Gasteiger partial charge in [0.15, 0.2) is 0 Å². The molecule has 1 aliphatic rings. The Kier molecular flexibility index (Phi) is 3.68. The minimum Gasteiger partial charge on any atom is -0.454 e. The number of aromatic nitrogens is 1. The summed E-state index contributed by atoms with van der Waals surface area (Å²) < 4.78 is 15.7. The molecule has 1 aromatic heterocycles. The molecule has 100 valence electrons. The molecule has 1 aromatic rings. The Balaban J connectivity index is 2.03. The molecule has 0 aromatic carbocycles. The SMILES string of the molecule is CC(C)(C)OC(=O)c1cc(C2CNCCO2)no1. The predicted molar refractivity (Wildman–Crippen MR) is 63.2 cm³/mol. The van der Waals surface area contributed by atoms with E-state index in [-0.39, 0.29) is 11.9 Å². The van der Waals surface area contributed by atoms with Crippen molar-refractivity contribution in [3.63, 3.8) is 0 Å². The molecule has 1 N–H and O–H groups in total. The van der Waals surface area contributed by atoms with Gasteiger partial charge in [0, 0.05) is 19.2 Å². The number of ether oxygens (including phenoxy) is 2. The molecule has 2 heterocycles. The lowest BCUT2D eigenvalue weighted by Gasteiger charge is -2.21. The molecular weight excluding hydrogens is 236 g/mol. The first kappa shape index (κ1) is 13.0. The second-order valence-corrected chi connectivity index (χ2v) is 5.18. The van der Waals surface area contributed by atoms with E-state index in [9.17, 15) is 4.79 Å². The van der Waals surface area contributed by atoms with Gasteiger partial charge in [0.05, 0.1) is 6.61 Å². The molecule has 1 saturated heterocycles. The van der Waals surface area contributed by atoms with Gasteiger partial charge in [-0.15, -0.1) is 0 Å². The Hall–Kier alpha value is -1.40. The van der Waals surface area contributed by atoms with E-state index in [1.165, 1.54) is 0 Å². The number of esters is 1. The van der Waals surface area contributed by atoms with Crippen molar-refractivity contribution in [1.29, 1.82) is 0 Å². The summed E-state index contributed by atoms with van der Waals surface area (Å²) in [6, 6.07) is 1.58. The van der Waals surface area contributed by atoms with Crippen LogP contribution in [0.4, 0.5) is 0 Å². The first-order valence-electron chi connectivity index (χ1n) is 5.98. The summed E-state index contributed by atoms with van der Waals surface area (Å²) in [5.74, 6) is -0.404. The minimum atomic E-state index is -0.549. The van der Waals surface area contributed by atoms with E-state index in [1.54, 1.807) is 26.8 Å². The fraction of sp³-hybridized carbons (Fsp3) is 0.667. The van der Waals surface area contributed by atoms with Gasteiger partial charge in [0.25, 0.3) is 0 Å². The highest BCUT2D eigenvalue weighted by Crippen LogP contribution is 2.20. The largest absolute Gasteiger partial charge is 0.454 e. The molecular formula is C12H18N2O4. The van der Waals surface area contributed by atoms with Crippen LogP contribution in [-0.2, 0) is 9.47 Å². The lowest BCUT2D eigenvalue weighted by Crippen LogP contribution is -2.33. The number of morpholine rings is 1. The van der Waals surface area contributed by atoms with Gasteiger partial charge in [-0.2, -0.15) is 0 Å². The monoisotopic (exact) mass is 254 g/mol. The van der Waals surface area contributed by atoms with Gasteiger partial charge < -0.3 is 19.3 Å². The number of hydrogen-bond donors (Lipinski definition) is 1. The fourth-order valence-corrected chi connectivity index (χ4v) is 1.62. The first-order valence-corrected chi connectivity index (χ1v) is 5.98. The van der Waals surface area contributed by atoms with Crippen LogP contribution in [0.25, 0.3) is 0 Å². The molecule has 1 aliphatic heterocycles. The second-order valence-electron chi connectivity index (χ2n) is 5.18. The van der Waals surface area contributed by atoms with Crippen molar-refractivity contribution >= 4 is 5.97 Å². The van der Waals surface area contributed by atoms with Crippen molar-refractivity contribution in [3.05, 3.63) is 17.5 Å². The maximum atomic E-state index is 11.7. The Morgan fingerprint density at radius 1 is 1.56 bits per heavy atom. The summed E-state index contributed by atoms with van der Waals surface area (Å²) in [4.78, 5) is 11.7. The number of nitrogens with zero attached hydrogens (tertiary/aromatic N) is 1. The molecule has 1 atom stereocenters. The zero-order chi connectivity index (χ0) is 13.2. The summed E-state index contributed by atoms with van der Waals surface area (Å²) >= 11 is 0.